The lowest BCUT2D eigenvalue weighted by molar-refractivity contribution is 0.0955. The summed E-state index contributed by atoms with van der Waals surface area (Å²) in [6.45, 7) is 1.97. The molecule has 3 rings (SSSR count). The first-order valence-electron chi connectivity index (χ1n) is 6.81. The summed E-state index contributed by atoms with van der Waals surface area (Å²) in [4.78, 5) is 11.9. The van der Waals surface area contributed by atoms with Crippen LogP contribution in [-0.4, -0.2) is 12.1 Å². The zero-order valence-corrected chi connectivity index (χ0v) is 11.0. The Morgan fingerprint density at radius 2 is 2.26 bits per heavy atom. The highest BCUT2D eigenvalue weighted by molar-refractivity contribution is 5.94. The number of allylic oxidation sites excluding steroid dienone is 2. The molecule has 0 spiro atoms. The molecule has 3 atom stereocenters. The van der Waals surface area contributed by atoms with Crippen LogP contribution in [0, 0.1) is 24.7 Å². The molecule has 2 aliphatic carbocycles. The monoisotopic (exact) mass is 254 g/mol. The lowest BCUT2D eigenvalue weighted by Gasteiger charge is -2.11. The molecule has 0 aromatic heterocycles. The summed E-state index contributed by atoms with van der Waals surface area (Å²) in [5.41, 5.74) is 4.35. The van der Waals surface area contributed by atoms with Crippen LogP contribution < -0.4 is 5.43 Å². The van der Waals surface area contributed by atoms with Crippen molar-refractivity contribution >= 4 is 12.1 Å². The van der Waals surface area contributed by atoms with Gasteiger partial charge < -0.3 is 0 Å². The van der Waals surface area contributed by atoms with E-state index >= 15 is 0 Å². The van der Waals surface area contributed by atoms with Gasteiger partial charge in [-0.2, -0.15) is 5.10 Å². The average molecular weight is 254 g/mol. The highest BCUT2D eigenvalue weighted by atomic mass is 16.2. The van der Waals surface area contributed by atoms with Crippen molar-refractivity contribution < 1.29 is 4.79 Å². The number of carbonyl (C=O) groups is 1. The fourth-order valence-electron chi connectivity index (χ4n) is 3.04. The number of hydrogen-bond donors (Lipinski definition) is 1. The molecular formula is C16H18N2O. The fraction of sp³-hybridized carbons (Fsp3) is 0.375. The third-order valence-corrected chi connectivity index (χ3v) is 4.04. The Morgan fingerprint density at radius 3 is 2.95 bits per heavy atom. The molecule has 1 aromatic rings. The summed E-state index contributed by atoms with van der Waals surface area (Å²) >= 11 is 0. The standard InChI is InChI=1S/C16H18N2O/c1-11-3-2-4-14(7-11)16(19)18-17-10-15-9-12-5-6-13(15)8-12/h2-7,10,12-13,15H,8-9H2,1H3,(H,18,19). The average Bonchev–Trinajstić information content (AvgIpc) is 3.01. The molecule has 98 valence electrons. The molecule has 3 unspecified atom stereocenters. The molecular weight excluding hydrogens is 236 g/mol. The second kappa shape index (κ2) is 5.00. The molecule has 0 heterocycles. The van der Waals surface area contributed by atoms with E-state index in [-0.39, 0.29) is 5.91 Å². The summed E-state index contributed by atoms with van der Waals surface area (Å²) < 4.78 is 0. The highest BCUT2D eigenvalue weighted by Crippen LogP contribution is 2.42. The van der Waals surface area contributed by atoms with Crippen LogP contribution in [0.5, 0.6) is 0 Å². The molecule has 1 fully saturated rings. The van der Waals surface area contributed by atoms with E-state index in [2.05, 4.69) is 22.7 Å². The Labute approximate surface area is 113 Å². The number of carbonyl (C=O) groups excluding carboxylic acids is 1. The Bertz CT molecular complexity index is 547. The number of rotatable bonds is 3. The number of aryl methyl sites for hydroxylation is 1. The van der Waals surface area contributed by atoms with E-state index in [1.807, 2.05) is 31.3 Å². The zero-order valence-electron chi connectivity index (χ0n) is 11.0. The van der Waals surface area contributed by atoms with E-state index in [1.54, 1.807) is 6.07 Å². The highest BCUT2D eigenvalue weighted by Gasteiger charge is 2.34. The summed E-state index contributed by atoms with van der Waals surface area (Å²) in [5.74, 6) is 1.71. The number of hydrazone groups is 1. The third kappa shape index (κ3) is 2.60. The first-order chi connectivity index (χ1) is 9.22. The van der Waals surface area contributed by atoms with Crippen LogP contribution >= 0.6 is 0 Å². The van der Waals surface area contributed by atoms with Gasteiger partial charge in [0.1, 0.15) is 0 Å². The first-order valence-corrected chi connectivity index (χ1v) is 6.81. The largest absolute Gasteiger partial charge is 0.271 e. The normalized spacial score (nSPS) is 28.2. The van der Waals surface area contributed by atoms with Gasteiger partial charge in [0.15, 0.2) is 0 Å². The van der Waals surface area contributed by atoms with Gasteiger partial charge in [-0.15, -0.1) is 0 Å². The van der Waals surface area contributed by atoms with Gasteiger partial charge in [0.25, 0.3) is 5.91 Å². The van der Waals surface area contributed by atoms with Gasteiger partial charge in [0.05, 0.1) is 0 Å². The predicted molar refractivity (Wildman–Crippen MR) is 76.0 cm³/mol. The number of nitrogens with one attached hydrogen (secondary N) is 1. The predicted octanol–water partition coefficient (Wildman–Crippen LogP) is 2.92. The number of benzene rings is 1. The van der Waals surface area contributed by atoms with E-state index in [0.29, 0.717) is 17.4 Å². The number of hydrogen-bond acceptors (Lipinski definition) is 2. The van der Waals surface area contributed by atoms with Crippen LogP contribution in [0.3, 0.4) is 0 Å². The summed E-state index contributed by atoms with van der Waals surface area (Å²) in [5, 5.41) is 4.12. The number of amides is 1. The summed E-state index contributed by atoms with van der Waals surface area (Å²) in [7, 11) is 0. The lowest BCUT2D eigenvalue weighted by atomic mass is 9.95. The molecule has 0 saturated heterocycles. The quantitative estimate of drug-likeness (QED) is 0.503. The molecule has 2 aliphatic rings. The third-order valence-electron chi connectivity index (χ3n) is 4.04. The molecule has 3 heteroatoms. The van der Waals surface area contributed by atoms with Crippen molar-refractivity contribution in [1.82, 2.24) is 5.43 Å². The van der Waals surface area contributed by atoms with E-state index < -0.39 is 0 Å². The topological polar surface area (TPSA) is 41.5 Å². The Kier molecular flexibility index (Phi) is 3.20. The van der Waals surface area contributed by atoms with Crippen molar-refractivity contribution in [3.05, 3.63) is 47.5 Å². The summed E-state index contributed by atoms with van der Waals surface area (Å²) in [6.07, 6.45) is 8.92. The SMILES string of the molecule is Cc1cccc(C(=O)NN=CC2CC3C=CC2C3)c1. The number of nitrogens with zero attached hydrogens (tertiary/aromatic N) is 1. The van der Waals surface area contributed by atoms with Gasteiger partial charge in [0.2, 0.25) is 0 Å². The Morgan fingerprint density at radius 1 is 1.37 bits per heavy atom. The van der Waals surface area contributed by atoms with E-state index in [1.165, 1.54) is 12.8 Å². The number of fused-ring (bicyclic) bond motifs is 2. The van der Waals surface area contributed by atoms with Gasteiger partial charge in [0, 0.05) is 17.7 Å². The van der Waals surface area contributed by atoms with Crippen molar-refractivity contribution in [2.45, 2.75) is 19.8 Å². The van der Waals surface area contributed by atoms with Gasteiger partial charge >= 0.3 is 0 Å². The van der Waals surface area contributed by atoms with Crippen LogP contribution in [0.25, 0.3) is 0 Å². The van der Waals surface area contributed by atoms with Crippen LogP contribution in [0.4, 0.5) is 0 Å². The molecule has 0 aliphatic heterocycles. The lowest BCUT2D eigenvalue weighted by Crippen LogP contribution is -2.19. The molecule has 1 aromatic carbocycles. The Hall–Kier alpha value is -1.90. The minimum atomic E-state index is -0.140. The van der Waals surface area contributed by atoms with Crippen LogP contribution in [0.2, 0.25) is 0 Å². The van der Waals surface area contributed by atoms with Crippen molar-refractivity contribution in [1.29, 1.82) is 0 Å². The molecule has 19 heavy (non-hydrogen) atoms. The van der Waals surface area contributed by atoms with E-state index in [4.69, 9.17) is 0 Å². The van der Waals surface area contributed by atoms with Gasteiger partial charge in [-0.3, -0.25) is 4.79 Å². The second-order valence-electron chi connectivity index (χ2n) is 5.53. The van der Waals surface area contributed by atoms with Gasteiger partial charge in [-0.25, -0.2) is 5.43 Å². The molecule has 1 saturated carbocycles. The van der Waals surface area contributed by atoms with Crippen molar-refractivity contribution in [3.63, 3.8) is 0 Å². The maximum absolute atomic E-state index is 11.9. The smallest absolute Gasteiger partial charge is 0.267 e. The molecule has 2 bridgehead atoms. The zero-order chi connectivity index (χ0) is 13.2. The maximum Gasteiger partial charge on any atom is 0.271 e. The minimum absolute atomic E-state index is 0.140. The fourth-order valence-corrected chi connectivity index (χ4v) is 3.04. The van der Waals surface area contributed by atoms with Crippen molar-refractivity contribution in [2.75, 3.05) is 0 Å². The minimum Gasteiger partial charge on any atom is -0.267 e. The molecule has 0 radical (unpaired) electrons. The summed E-state index contributed by atoms with van der Waals surface area (Å²) in [6, 6.07) is 7.53. The first kappa shape index (κ1) is 12.2. The van der Waals surface area contributed by atoms with Gasteiger partial charge in [-0.1, -0.05) is 29.8 Å². The van der Waals surface area contributed by atoms with Crippen LogP contribution in [0.15, 0.2) is 41.5 Å². The molecule has 3 nitrogen and oxygen atoms in total. The van der Waals surface area contributed by atoms with Crippen LogP contribution in [0.1, 0.15) is 28.8 Å². The van der Waals surface area contributed by atoms with Crippen LogP contribution in [-0.2, 0) is 0 Å². The second-order valence-corrected chi connectivity index (χ2v) is 5.53. The Balaban J connectivity index is 1.57. The maximum atomic E-state index is 11.9. The molecule has 1 N–H and O–H groups in total. The molecule has 1 amide bonds. The van der Waals surface area contributed by atoms with E-state index in [9.17, 15) is 4.79 Å². The van der Waals surface area contributed by atoms with Gasteiger partial charge in [-0.05, 0) is 43.7 Å². The van der Waals surface area contributed by atoms with Crippen molar-refractivity contribution in [2.24, 2.45) is 22.9 Å². The van der Waals surface area contributed by atoms with Crippen molar-refractivity contribution in [3.8, 4) is 0 Å². The van der Waals surface area contributed by atoms with E-state index in [0.717, 1.165) is 11.5 Å².